The van der Waals surface area contributed by atoms with Crippen molar-refractivity contribution in [1.29, 1.82) is 0 Å². The van der Waals surface area contributed by atoms with Crippen LogP contribution in [0, 0.1) is 13.8 Å². The third-order valence-corrected chi connectivity index (χ3v) is 5.08. The SMILES string of the molecule is Cc1cc(C)c(Br)c(C2(C(=O)O)CCCCC2)c1. The number of benzene rings is 1. The second kappa shape index (κ2) is 5.04. The molecule has 1 aromatic carbocycles. The Balaban J connectivity index is 2.59. The molecule has 0 heterocycles. The average Bonchev–Trinajstić information content (AvgIpc) is 2.34. The van der Waals surface area contributed by atoms with E-state index in [2.05, 4.69) is 22.0 Å². The van der Waals surface area contributed by atoms with Crippen LogP contribution in [0.1, 0.15) is 48.8 Å². The van der Waals surface area contributed by atoms with Gasteiger partial charge in [-0.05, 0) is 37.8 Å². The molecule has 0 atom stereocenters. The first kappa shape index (κ1) is 13.6. The largest absolute Gasteiger partial charge is 0.481 e. The van der Waals surface area contributed by atoms with E-state index in [4.69, 9.17) is 0 Å². The van der Waals surface area contributed by atoms with E-state index in [0.717, 1.165) is 53.3 Å². The molecule has 0 bridgehead atoms. The van der Waals surface area contributed by atoms with Gasteiger partial charge in [0.15, 0.2) is 0 Å². The molecule has 1 aliphatic rings. The third-order valence-electron chi connectivity index (χ3n) is 4.03. The standard InChI is InChI=1S/C15H19BrO2/c1-10-8-11(2)13(16)12(9-10)15(14(17)18)6-4-3-5-7-15/h8-9H,3-7H2,1-2H3,(H,17,18). The molecule has 1 aliphatic carbocycles. The zero-order chi connectivity index (χ0) is 13.3. The van der Waals surface area contributed by atoms with Crippen LogP contribution in [-0.4, -0.2) is 11.1 Å². The van der Waals surface area contributed by atoms with Gasteiger partial charge in [0.1, 0.15) is 0 Å². The van der Waals surface area contributed by atoms with Gasteiger partial charge in [-0.1, -0.05) is 52.9 Å². The van der Waals surface area contributed by atoms with Crippen LogP contribution in [-0.2, 0) is 10.2 Å². The number of rotatable bonds is 2. The predicted molar refractivity (Wildman–Crippen MR) is 76.0 cm³/mol. The minimum atomic E-state index is -0.687. The van der Waals surface area contributed by atoms with Gasteiger partial charge in [0.25, 0.3) is 0 Å². The van der Waals surface area contributed by atoms with E-state index in [0.29, 0.717) is 0 Å². The van der Waals surface area contributed by atoms with Gasteiger partial charge in [-0.25, -0.2) is 0 Å². The van der Waals surface area contributed by atoms with Crippen LogP contribution >= 0.6 is 15.9 Å². The summed E-state index contributed by atoms with van der Waals surface area (Å²) in [6, 6.07) is 4.13. The summed E-state index contributed by atoms with van der Waals surface area (Å²) >= 11 is 3.59. The Morgan fingerprint density at radius 1 is 1.22 bits per heavy atom. The van der Waals surface area contributed by atoms with Gasteiger partial charge in [0.05, 0.1) is 5.41 Å². The summed E-state index contributed by atoms with van der Waals surface area (Å²) in [4.78, 5) is 11.8. The molecule has 0 aliphatic heterocycles. The molecule has 18 heavy (non-hydrogen) atoms. The highest BCUT2D eigenvalue weighted by atomic mass is 79.9. The Hall–Kier alpha value is -0.830. The molecule has 0 amide bonds. The average molecular weight is 311 g/mol. The molecule has 0 unspecified atom stereocenters. The van der Waals surface area contributed by atoms with E-state index in [1.807, 2.05) is 19.9 Å². The summed E-state index contributed by atoms with van der Waals surface area (Å²) in [7, 11) is 0. The summed E-state index contributed by atoms with van der Waals surface area (Å²) in [6.07, 6.45) is 4.67. The summed E-state index contributed by atoms with van der Waals surface area (Å²) in [6.45, 7) is 4.06. The Morgan fingerprint density at radius 3 is 2.39 bits per heavy atom. The highest BCUT2D eigenvalue weighted by molar-refractivity contribution is 9.10. The van der Waals surface area contributed by atoms with Crippen molar-refractivity contribution in [2.45, 2.75) is 51.4 Å². The van der Waals surface area contributed by atoms with Gasteiger partial charge >= 0.3 is 5.97 Å². The molecule has 1 fully saturated rings. The zero-order valence-corrected chi connectivity index (χ0v) is 12.5. The van der Waals surface area contributed by atoms with Gasteiger partial charge in [0.2, 0.25) is 0 Å². The molecule has 1 N–H and O–H groups in total. The first-order valence-corrected chi connectivity index (χ1v) is 7.27. The van der Waals surface area contributed by atoms with Crippen molar-refractivity contribution in [3.05, 3.63) is 33.3 Å². The van der Waals surface area contributed by atoms with Crippen molar-refractivity contribution in [1.82, 2.24) is 0 Å². The first-order valence-electron chi connectivity index (χ1n) is 6.48. The predicted octanol–water partition coefficient (Wildman–Crippen LogP) is 4.35. The van der Waals surface area contributed by atoms with E-state index >= 15 is 0 Å². The number of hydrogen-bond acceptors (Lipinski definition) is 1. The molecule has 2 rings (SSSR count). The fourth-order valence-electron chi connectivity index (χ4n) is 3.05. The molecule has 1 saturated carbocycles. The Labute approximate surface area is 117 Å². The molecule has 3 heteroatoms. The van der Waals surface area contributed by atoms with Crippen LogP contribution in [0.5, 0.6) is 0 Å². The van der Waals surface area contributed by atoms with E-state index < -0.39 is 11.4 Å². The van der Waals surface area contributed by atoms with Gasteiger partial charge in [-0.15, -0.1) is 0 Å². The lowest BCUT2D eigenvalue weighted by atomic mass is 9.69. The fourth-order valence-corrected chi connectivity index (χ4v) is 3.66. The quantitative estimate of drug-likeness (QED) is 0.881. The number of aryl methyl sites for hydroxylation is 2. The molecule has 0 spiro atoms. The smallest absolute Gasteiger partial charge is 0.314 e. The monoisotopic (exact) mass is 310 g/mol. The van der Waals surface area contributed by atoms with Crippen LogP contribution in [0.25, 0.3) is 0 Å². The van der Waals surface area contributed by atoms with Gasteiger partial charge in [0, 0.05) is 4.47 Å². The van der Waals surface area contributed by atoms with Crippen molar-refractivity contribution < 1.29 is 9.90 Å². The second-order valence-electron chi connectivity index (χ2n) is 5.39. The minimum Gasteiger partial charge on any atom is -0.481 e. The van der Waals surface area contributed by atoms with Crippen molar-refractivity contribution >= 4 is 21.9 Å². The van der Waals surface area contributed by atoms with Gasteiger partial charge in [-0.3, -0.25) is 4.79 Å². The lowest BCUT2D eigenvalue weighted by Gasteiger charge is -2.35. The van der Waals surface area contributed by atoms with Crippen LogP contribution in [0.2, 0.25) is 0 Å². The summed E-state index contributed by atoms with van der Waals surface area (Å²) in [5.74, 6) is -0.673. The molecule has 2 nitrogen and oxygen atoms in total. The minimum absolute atomic E-state index is 0.673. The topological polar surface area (TPSA) is 37.3 Å². The number of aliphatic carboxylic acids is 1. The molecule has 98 valence electrons. The zero-order valence-electron chi connectivity index (χ0n) is 10.9. The van der Waals surface area contributed by atoms with Gasteiger partial charge in [-0.2, -0.15) is 0 Å². The number of carboxylic acids is 1. The van der Waals surface area contributed by atoms with E-state index in [9.17, 15) is 9.90 Å². The van der Waals surface area contributed by atoms with Crippen LogP contribution in [0.3, 0.4) is 0 Å². The number of carbonyl (C=O) groups is 1. The second-order valence-corrected chi connectivity index (χ2v) is 6.18. The van der Waals surface area contributed by atoms with Crippen molar-refractivity contribution in [2.75, 3.05) is 0 Å². The summed E-state index contributed by atoms with van der Waals surface area (Å²) < 4.78 is 0.970. The van der Waals surface area contributed by atoms with Crippen molar-refractivity contribution in [3.63, 3.8) is 0 Å². The number of halogens is 1. The maximum absolute atomic E-state index is 11.8. The number of hydrogen-bond donors (Lipinski definition) is 1. The van der Waals surface area contributed by atoms with Gasteiger partial charge < -0.3 is 5.11 Å². The molecule has 0 radical (unpaired) electrons. The lowest BCUT2D eigenvalue weighted by Crippen LogP contribution is -2.38. The molecular formula is C15H19BrO2. The fraction of sp³-hybridized carbons (Fsp3) is 0.533. The van der Waals surface area contributed by atoms with Crippen LogP contribution in [0.4, 0.5) is 0 Å². The number of carboxylic acid groups (broad SMARTS) is 1. The molecular weight excluding hydrogens is 292 g/mol. The van der Waals surface area contributed by atoms with Crippen LogP contribution in [0.15, 0.2) is 16.6 Å². The van der Waals surface area contributed by atoms with Crippen molar-refractivity contribution in [2.24, 2.45) is 0 Å². The first-order chi connectivity index (χ1) is 8.47. The lowest BCUT2D eigenvalue weighted by molar-refractivity contribution is -0.145. The Kier molecular flexibility index (Phi) is 3.81. The summed E-state index contributed by atoms with van der Waals surface area (Å²) in [5.41, 5.74) is 2.54. The van der Waals surface area contributed by atoms with E-state index in [1.165, 1.54) is 0 Å². The summed E-state index contributed by atoms with van der Waals surface area (Å²) in [5, 5.41) is 9.73. The maximum Gasteiger partial charge on any atom is 0.314 e. The van der Waals surface area contributed by atoms with Crippen LogP contribution < -0.4 is 0 Å². The highest BCUT2D eigenvalue weighted by Crippen LogP contribution is 2.43. The maximum atomic E-state index is 11.8. The normalized spacial score (nSPS) is 18.6. The molecule has 0 aromatic heterocycles. The highest BCUT2D eigenvalue weighted by Gasteiger charge is 2.42. The Morgan fingerprint density at radius 2 is 1.83 bits per heavy atom. The Bertz CT molecular complexity index is 474. The van der Waals surface area contributed by atoms with Crippen molar-refractivity contribution in [3.8, 4) is 0 Å². The molecule has 0 saturated heterocycles. The molecule has 1 aromatic rings. The van der Waals surface area contributed by atoms with E-state index in [1.54, 1.807) is 0 Å². The van der Waals surface area contributed by atoms with E-state index in [-0.39, 0.29) is 0 Å². The third kappa shape index (κ3) is 2.20.